The number of anilines is 1. The molecule has 0 saturated carbocycles. The van der Waals surface area contributed by atoms with Crippen LogP contribution in [0.25, 0.3) is 0 Å². The summed E-state index contributed by atoms with van der Waals surface area (Å²) < 4.78 is 54.9. The summed E-state index contributed by atoms with van der Waals surface area (Å²) >= 11 is 0. The molecule has 0 bridgehead atoms. The Morgan fingerprint density at radius 2 is 1.82 bits per heavy atom. The Hall–Kier alpha value is -3.07. The molecule has 1 amide bonds. The lowest BCUT2D eigenvalue weighted by atomic mass is 10.2. The van der Waals surface area contributed by atoms with Crippen molar-refractivity contribution >= 4 is 27.4 Å². The van der Waals surface area contributed by atoms with Crippen molar-refractivity contribution in [3.63, 3.8) is 0 Å². The van der Waals surface area contributed by atoms with Gasteiger partial charge < -0.3 is 9.64 Å². The highest BCUT2D eigenvalue weighted by molar-refractivity contribution is 7.94. The van der Waals surface area contributed by atoms with Gasteiger partial charge in [0, 0.05) is 17.2 Å². The first-order valence-corrected chi connectivity index (χ1v) is 9.88. The van der Waals surface area contributed by atoms with Crippen molar-refractivity contribution in [2.45, 2.75) is 6.04 Å². The van der Waals surface area contributed by atoms with Crippen molar-refractivity contribution in [3.8, 4) is 0 Å². The number of ether oxygens (including phenoxy) is 1. The van der Waals surface area contributed by atoms with Gasteiger partial charge in [-0.05, 0) is 30.3 Å². The monoisotopic (exact) mass is 407 g/mol. The number of esters is 1. The molecule has 0 saturated heterocycles. The number of nitrogens with zero attached hydrogens (tertiary/aromatic N) is 1. The Balaban J connectivity index is 1.76. The third kappa shape index (κ3) is 4.42. The number of para-hydroxylation sites is 1. The summed E-state index contributed by atoms with van der Waals surface area (Å²) in [6.45, 7) is -0.741. The maximum atomic E-state index is 13.7. The lowest BCUT2D eigenvalue weighted by Gasteiger charge is -2.27. The number of hydrogen-bond acceptors (Lipinski definition) is 5. The quantitative estimate of drug-likeness (QED) is 0.712. The van der Waals surface area contributed by atoms with Gasteiger partial charge in [-0.1, -0.05) is 18.2 Å². The van der Waals surface area contributed by atoms with Crippen molar-refractivity contribution in [2.24, 2.45) is 0 Å². The van der Waals surface area contributed by atoms with E-state index in [9.17, 15) is 26.8 Å². The lowest BCUT2D eigenvalue weighted by Crippen LogP contribution is -2.43. The van der Waals surface area contributed by atoms with Crippen LogP contribution < -0.4 is 4.90 Å². The number of hydrogen-bond donors (Lipinski definition) is 0. The molecule has 0 unspecified atom stereocenters. The van der Waals surface area contributed by atoms with E-state index >= 15 is 0 Å². The highest BCUT2D eigenvalue weighted by Gasteiger charge is 2.32. The summed E-state index contributed by atoms with van der Waals surface area (Å²) in [5.74, 6) is -4.08. The van der Waals surface area contributed by atoms with Gasteiger partial charge in [-0.25, -0.2) is 22.0 Å². The Labute approximate surface area is 160 Å². The van der Waals surface area contributed by atoms with Crippen LogP contribution in [-0.4, -0.2) is 38.7 Å². The number of halogens is 2. The van der Waals surface area contributed by atoms with Crippen molar-refractivity contribution in [1.82, 2.24) is 0 Å². The summed E-state index contributed by atoms with van der Waals surface area (Å²) in [7, 11) is -3.43. The smallest absolute Gasteiger partial charge is 0.341 e. The fourth-order valence-electron chi connectivity index (χ4n) is 2.76. The minimum atomic E-state index is -3.43. The van der Waals surface area contributed by atoms with E-state index in [0.717, 1.165) is 17.5 Å². The molecule has 1 aliphatic heterocycles. The van der Waals surface area contributed by atoms with E-state index in [0.29, 0.717) is 11.8 Å². The molecular formula is C19H15F2NO5S. The number of amides is 1. The molecule has 6 nitrogen and oxygen atoms in total. The molecule has 146 valence electrons. The molecule has 3 rings (SSSR count). The van der Waals surface area contributed by atoms with Gasteiger partial charge in [0.05, 0.1) is 17.4 Å². The maximum Gasteiger partial charge on any atom is 0.341 e. The van der Waals surface area contributed by atoms with Gasteiger partial charge in [0.2, 0.25) is 0 Å². The molecule has 0 spiro atoms. The summed E-state index contributed by atoms with van der Waals surface area (Å²) in [4.78, 5) is 25.9. The van der Waals surface area contributed by atoms with E-state index in [2.05, 4.69) is 0 Å². The average molecular weight is 407 g/mol. The van der Waals surface area contributed by atoms with E-state index in [1.165, 1.54) is 11.0 Å². The van der Waals surface area contributed by atoms with Crippen LogP contribution in [0, 0.1) is 11.6 Å². The van der Waals surface area contributed by atoms with Crippen molar-refractivity contribution in [3.05, 3.63) is 77.2 Å². The summed E-state index contributed by atoms with van der Waals surface area (Å²) in [5.41, 5.74) is -0.0907. The minimum absolute atomic E-state index is 0.297. The molecule has 0 aliphatic carbocycles. The first-order valence-electron chi connectivity index (χ1n) is 8.17. The van der Waals surface area contributed by atoms with E-state index in [4.69, 9.17) is 4.74 Å². The molecule has 1 aliphatic rings. The molecule has 0 fully saturated rings. The SMILES string of the molecule is O=C(OCC(=O)N(c1ccccc1)[C@H]1C=CS(=O)(=O)C1)c1ccc(F)cc1F. The highest BCUT2D eigenvalue weighted by atomic mass is 32.2. The van der Waals surface area contributed by atoms with Crippen LogP contribution in [0.2, 0.25) is 0 Å². The van der Waals surface area contributed by atoms with Crippen molar-refractivity contribution in [2.75, 3.05) is 17.3 Å². The van der Waals surface area contributed by atoms with Crippen LogP contribution in [0.3, 0.4) is 0 Å². The van der Waals surface area contributed by atoms with Gasteiger partial charge in [0.1, 0.15) is 11.6 Å². The largest absolute Gasteiger partial charge is 0.452 e. The Bertz CT molecular complexity index is 1040. The number of rotatable bonds is 5. The third-order valence-electron chi connectivity index (χ3n) is 4.02. The third-order valence-corrected chi connectivity index (χ3v) is 5.40. The first kappa shape index (κ1) is 19.7. The molecule has 9 heteroatoms. The predicted molar refractivity (Wildman–Crippen MR) is 97.3 cm³/mol. The number of carbonyl (C=O) groups is 2. The van der Waals surface area contributed by atoms with Crippen LogP contribution in [0.4, 0.5) is 14.5 Å². The van der Waals surface area contributed by atoms with Crippen LogP contribution in [0.5, 0.6) is 0 Å². The van der Waals surface area contributed by atoms with Gasteiger partial charge in [0.15, 0.2) is 16.4 Å². The molecule has 1 heterocycles. The normalized spacial score (nSPS) is 17.3. The second-order valence-electron chi connectivity index (χ2n) is 6.02. The Morgan fingerprint density at radius 3 is 2.43 bits per heavy atom. The topological polar surface area (TPSA) is 80.8 Å². The Kier molecular flexibility index (Phi) is 5.55. The van der Waals surface area contributed by atoms with E-state index in [-0.39, 0.29) is 5.75 Å². The van der Waals surface area contributed by atoms with Gasteiger partial charge in [-0.2, -0.15) is 0 Å². The number of benzene rings is 2. The van der Waals surface area contributed by atoms with E-state index in [1.807, 2.05) is 0 Å². The maximum absolute atomic E-state index is 13.7. The van der Waals surface area contributed by atoms with Crippen LogP contribution in [0.15, 0.2) is 60.0 Å². The minimum Gasteiger partial charge on any atom is -0.452 e. The summed E-state index contributed by atoms with van der Waals surface area (Å²) in [6, 6.07) is 9.86. The Morgan fingerprint density at radius 1 is 1.11 bits per heavy atom. The average Bonchev–Trinajstić information content (AvgIpc) is 3.00. The fourth-order valence-corrected chi connectivity index (χ4v) is 4.03. The summed E-state index contributed by atoms with van der Waals surface area (Å²) in [5, 5.41) is 1.03. The van der Waals surface area contributed by atoms with Crippen molar-refractivity contribution in [1.29, 1.82) is 0 Å². The molecule has 28 heavy (non-hydrogen) atoms. The zero-order valence-electron chi connectivity index (χ0n) is 14.4. The van der Waals surface area contributed by atoms with Crippen molar-refractivity contribution < 1.29 is 31.5 Å². The van der Waals surface area contributed by atoms with Crippen LogP contribution >= 0.6 is 0 Å². The molecule has 0 radical (unpaired) electrons. The predicted octanol–water partition coefficient (Wildman–Crippen LogP) is 2.47. The zero-order valence-corrected chi connectivity index (χ0v) is 15.2. The number of carbonyl (C=O) groups excluding carboxylic acids is 2. The fraction of sp³-hybridized carbons (Fsp3) is 0.158. The molecule has 2 aromatic rings. The highest BCUT2D eigenvalue weighted by Crippen LogP contribution is 2.23. The molecule has 2 aromatic carbocycles. The molecule has 1 atom stereocenters. The van der Waals surface area contributed by atoms with Gasteiger partial charge >= 0.3 is 5.97 Å². The first-order chi connectivity index (χ1) is 13.3. The van der Waals surface area contributed by atoms with Gasteiger partial charge in [-0.15, -0.1) is 0 Å². The van der Waals surface area contributed by atoms with Gasteiger partial charge in [-0.3, -0.25) is 4.79 Å². The van der Waals surface area contributed by atoms with Crippen LogP contribution in [-0.2, 0) is 19.4 Å². The second-order valence-corrected chi connectivity index (χ2v) is 7.96. The molecule has 0 N–H and O–H groups in total. The van der Waals surface area contributed by atoms with Crippen LogP contribution in [0.1, 0.15) is 10.4 Å². The lowest BCUT2D eigenvalue weighted by molar-refractivity contribution is -0.121. The molecule has 0 aromatic heterocycles. The molecular weight excluding hydrogens is 392 g/mol. The van der Waals surface area contributed by atoms with E-state index in [1.54, 1.807) is 30.3 Å². The van der Waals surface area contributed by atoms with E-state index < -0.39 is 51.6 Å². The number of sulfone groups is 1. The van der Waals surface area contributed by atoms with Gasteiger partial charge in [0.25, 0.3) is 5.91 Å². The zero-order chi connectivity index (χ0) is 20.3. The second kappa shape index (κ2) is 7.89. The summed E-state index contributed by atoms with van der Waals surface area (Å²) in [6.07, 6.45) is 1.38. The standard InChI is InChI=1S/C19H15F2NO5S/c20-13-6-7-16(17(21)10-13)19(24)27-11-18(23)22(14-4-2-1-3-5-14)15-8-9-28(25,26)12-15/h1-10,15H,11-12H2/t15-/m0/s1.